The Hall–Kier alpha value is -2.78. The number of benzene rings is 4. The Labute approximate surface area is 293 Å². The molecule has 48 heavy (non-hydrogen) atoms. The molecule has 3 nitrogen and oxygen atoms in total. The lowest BCUT2D eigenvalue weighted by molar-refractivity contribution is 0.308. The first-order valence-electron chi connectivity index (χ1n) is 18.2. The molecule has 0 amide bonds. The highest BCUT2D eigenvalue weighted by molar-refractivity contribution is 7.84. The van der Waals surface area contributed by atoms with Crippen LogP contribution < -0.4 is 10.0 Å². The Morgan fingerprint density at radius 2 is 1.25 bits per heavy atom. The molecule has 5 heteroatoms. The first kappa shape index (κ1) is 35.1. The zero-order valence-electron chi connectivity index (χ0n) is 29.4. The number of hydrogen-bond acceptors (Lipinski definition) is 2. The van der Waals surface area contributed by atoms with Gasteiger partial charge in [-0.05, 0) is 91.7 Å². The molecule has 0 aliphatic heterocycles. The Kier molecular flexibility index (Phi) is 11.9. The zero-order valence-corrected chi connectivity index (χ0v) is 31.2. The fraction of sp³-hybridized carbons (Fsp3) is 0.442. The standard InChI is InChI=1S/C43H54NO2PS/c1-43(2,3)48(45)44(4)41(36-30-28-35(29-31-36)34-20-11-6-12-21-34)39-26-17-27-40(46-32-33-18-9-5-10-19-33)42(39)47(37-22-13-7-14-23-37)38-24-15-8-16-25-38/h5-6,9-12,17-21,26-31,37-38,41H,7-8,13-16,22-25,32H2,1-4H3/t41-,48-/m0/s1. The SMILES string of the molecule is CN([C@@H](c1ccc(-c2ccccc2)cc1)c1cccc(OCc2ccccc2)c1P(C1CCCCC1)C1CCCCC1)[S@@](=O)C(C)(C)C. The molecule has 2 aliphatic carbocycles. The van der Waals surface area contributed by atoms with E-state index in [2.05, 4.69) is 135 Å². The van der Waals surface area contributed by atoms with E-state index < -0.39 is 23.7 Å². The summed E-state index contributed by atoms with van der Waals surface area (Å²) in [6, 6.07) is 36.8. The summed E-state index contributed by atoms with van der Waals surface area (Å²) in [5, 5.41) is 1.44. The predicted molar refractivity (Wildman–Crippen MR) is 207 cm³/mol. The summed E-state index contributed by atoms with van der Waals surface area (Å²) >= 11 is 0. The molecule has 4 aromatic carbocycles. The van der Waals surface area contributed by atoms with E-state index in [1.54, 1.807) is 0 Å². The molecule has 0 saturated heterocycles. The quantitative estimate of drug-likeness (QED) is 0.148. The van der Waals surface area contributed by atoms with Gasteiger partial charge < -0.3 is 4.74 Å². The van der Waals surface area contributed by atoms with Crippen LogP contribution >= 0.6 is 7.92 Å². The molecule has 2 saturated carbocycles. The Bertz CT molecular complexity index is 1590. The highest BCUT2D eigenvalue weighted by atomic mass is 32.2. The van der Waals surface area contributed by atoms with Gasteiger partial charge in [0.25, 0.3) is 0 Å². The van der Waals surface area contributed by atoms with Crippen molar-refractivity contribution >= 4 is 24.2 Å². The molecule has 4 aromatic rings. The average molecular weight is 680 g/mol. The van der Waals surface area contributed by atoms with Crippen LogP contribution in [0.5, 0.6) is 5.75 Å². The third kappa shape index (κ3) is 8.32. The molecule has 2 aliphatic rings. The maximum Gasteiger partial charge on any atom is 0.127 e. The smallest absolute Gasteiger partial charge is 0.127 e. The molecule has 0 bridgehead atoms. The minimum absolute atomic E-state index is 0.165. The second-order valence-corrected chi connectivity index (χ2v) is 19.8. The van der Waals surface area contributed by atoms with E-state index in [9.17, 15) is 4.21 Å². The van der Waals surface area contributed by atoms with Crippen molar-refractivity contribution in [3.05, 3.63) is 120 Å². The Morgan fingerprint density at radius 3 is 1.81 bits per heavy atom. The summed E-state index contributed by atoms with van der Waals surface area (Å²) in [5.41, 5.74) is 7.47. The molecule has 0 N–H and O–H groups in total. The number of ether oxygens (including phenoxy) is 1. The van der Waals surface area contributed by atoms with Gasteiger partial charge in [-0.15, -0.1) is 0 Å². The van der Waals surface area contributed by atoms with Crippen LogP contribution in [0.25, 0.3) is 11.1 Å². The van der Waals surface area contributed by atoms with Gasteiger partial charge in [0, 0.05) is 12.4 Å². The van der Waals surface area contributed by atoms with Crippen LogP contribution in [0, 0.1) is 0 Å². The van der Waals surface area contributed by atoms with Gasteiger partial charge in [0.05, 0.1) is 10.8 Å². The Morgan fingerprint density at radius 1 is 0.708 bits per heavy atom. The number of nitrogens with zero attached hydrogens (tertiary/aromatic N) is 1. The third-order valence-corrected chi connectivity index (χ3v) is 15.6. The first-order valence-corrected chi connectivity index (χ1v) is 20.8. The lowest BCUT2D eigenvalue weighted by Gasteiger charge is -2.42. The van der Waals surface area contributed by atoms with Crippen molar-refractivity contribution in [2.24, 2.45) is 0 Å². The van der Waals surface area contributed by atoms with Crippen molar-refractivity contribution in [1.29, 1.82) is 0 Å². The van der Waals surface area contributed by atoms with Crippen LogP contribution in [-0.2, 0) is 17.6 Å². The van der Waals surface area contributed by atoms with Crippen LogP contribution in [0.15, 0.2) is 103 Å². The van der Waals surface area contributed by atoms with Gasteiger partial charge in [0.1, 0.15) is 23.3 Å². The van der Waals surface area contributed by atoms with Crippen LogP contribution in [0.2, 0.25) is 0 Å². The normalized spacial score (nSPS) is 17.8. The topological polar surface area (TPSA) is 29.5 Å². The third-order valence-electron chi connectivity index (χ3n) is 10.2. The van der Waals surface area contributed by atoms with E-state index in [0.29, 0.717) is 17.9 Å². The highest BCUT2D eigenvalue weighted by Gasteiger charge is 2.39. The predicted octanol–water partition coefficient (Wildman–Crippen LogP) is 11.2. The molecule has 2 fully saturated rings. The molecule has 2 atom stereocenters. The fourth-order valence-corrected chi connectivity index (χ4v) is 13.2. The molecule has 0 unspecified atom stereocenters. The molecular formula is C43H54NO2PS. The minimum Gasteiger partial charge on any atom is -0.488 e. The van der Waals surface area contributed by atoms with Crippen molar-refractivity contribution in [3.8, 4) is 16.9 Å². The maximum atomic E-state index is 14.3. The minimum atomic E-state index is -1.23. The van der Waals surface area contributed by atoms with Gasteiger partial charge >= 0.3 is 0 Å². The molecule has 0 aromatic heterocycles. The van der Waals surface area contributed by atoms with Crippen molar-refractivity contribution < 1.29 is 8.95 Å². The summed E-state index contributed by atoms with van der Waals surface area (Å²) in [4.78, 5) is 0. The second-order valence-electron chi connectivity index (χ2n) is 14.8. The zero-order chi connectivity index (χ0) is 33.5. The number of rotatable bonds is 11. The highest BCUT2D eigenvalue weighted by Crippen LogP contribution is 2.58. The van der Waals surface area contributed by atoms with E-state index in [4.69, 9.17) is 4.74 Å². The van der Waals surface area contributed by atoms with E-state index in [1.165, 1.54) is 97.3 Å². The van der Waals surface area contributed by atoms with Crippen LogP contribution in [0.3, 0.4) is 0 Å². The Balaban J connectivity index is 1.52. The van der Waals surface area contributed by atoms with Gasteiger partial charge in [0.15, 0.2) is 0 Å². The molecular weight excluding hydrogens is 626 g/mol. The summed E-state index contributed by atoms with van der Waals surface area (Å²) in [5.74, 6) is 1.04. The maximum absolute atomic E-state index is 14.3. The summed E-state index contributed by atoms with van der Waals surface area (Å²) in [6.07, 6.45) is 13.3. The fourth-order valence-electron chi connectivity index (χ4n) is 7.87. The largest absolute Gasteiger partial charge is 0.488 e. The molecule has 0 heterocycles. The van der Waals surface area contributed by atoms with Crippen molar-refractivity contribution in [3.63, 3.8) is 0 Å². The van der Waals surface area contributed by atoms with Gasteiger partial charge in [0.2, 0.25) is 0 Å². The monoisotopic (exact) mass is 679 g/mol. The lowest BCUT2D eigenvalue weighted by Crippen LogP contribution is -2.40. The summed E-state index contributed by atoms with van der Waals surface area (Å²) in [6.45, 7) is 6.82. The number of hydrogen-bond donors (Lipinski definition) is 0. The molecule has 254 valence electrons. The van der Waals surface area contributed by atoms with Gasteiger partial charge in [-0.2, -0.15) is 0 Å². The lowest BCUT2D eigenvalue weighted by atomic mass is 9.96. The van der Waals surface area contributed by atoms with E-state index in [1.807, 2.05) is 0 Å². The van der Waals surface area contributed by atoms with Crippen molar-refractivity contribution in [2.75, 3.05) is 7.05 Å². The molecule has 0 radical (unpaired) electrons. The van der Waals surface area contributed by atoms with E-state index in [-0.39, 0.29) is 6.04 Å². The van der Waals surface area contributed by atoms with Crippen LogP contribution in [-0.4, -0.2) is 31.6 Å². The van der Waals surface area contributed by atoms with Crippen molar-refractivity contribution in [1.82, 2.24) is 4.31 Å². The van der Waals surface area contributed by atoms with Crippen LogP contribution in [0.4, 0.5) is 0 Å². The molecule has 6 rings (SSSR count). The second kappa shape index (κ2) is 16.3. The summed E-state index contributed by atoms with van der Waals surface area (Å²) < 4.78 is 23.0. The van der Waals surface area contributed by atoms with Gasteiger partial charge in [-0.25, -0.2) is 8.51 Å². The summed E-state index contributed by atoms with van der Waals surface area (Å²) in [7, 11) is 0.344. The molecule has 0 spiro atoms. The van der Waals surface area contributed by atoms with Crippen LogP contribution in [0.1, 0.15) is 108 Å². The van der Waals surface area contributed by atoms with Crippen molar-refractivity contribution in [2.45, 2.75) is 114 Å². The average Bonchev–Trinajstić information content (AvgIpc) is 3.13. The van der Waals surface area contributed by atoms with Gasteiger partial charge in [-0.1, -0.05) is 144 Å². The van der Waals surface area contributed by atoms with Gasteiger partial charge in [-0.3, -0.25) is 0 Å². The van der Waals surface area contributed by atoms with E-state index >= 15 is 0 Å². The first-order chi connectivity index (χ1) is 23.3. The van der Waals surface area contributed by atoms with E-state index in [0.717, 1.165) is 5.75 Å².